The molecule has 1 heterocycles. The Bertz CT molecular complexity index is 287. The molecule has 0 aromatic carbocycles. The second kappa shape index (κ2) is 6.83. The molecule has 1 N–H and O–H groups in total. The molecule has 0 bridgehead atoms. The van der Waals surface area contributed by atoms with Gasteiger partial charge in [0.2, 0.25) is 0 Å². The molecule has 15 heavy (non-hydrogen) atoms. The third-order valence-corrected chi connectivity index (χ3v) is 2.90. The molecule has 0 amide bonds. The van der Waals surface area contributed by atoms with Crippen LogP contribution in [-0.4, -0.2) is 11.5 Å². The van der Waals surface area contributed by atoms with Crippen molar-refractivity contribution in [1.29, 1.82) is 0 Å². The number of nitrogens with zero attached hydrogens (tertiary/aromatic N) is 1. The van der Waals surface area contributed by atoms with E-state index in [1.54, 1.807) is 6.20 Å². The third-order valence-electron chi connectivity index (χ3n) is 2.26. The zero-order chi connectivity index (χ0) is 11.1. The number of hydrogen-bond donors (Lipinski definition) is 1. The average molecular weight is 271 g/mol. The largest absolute Gasteiger partial charge is 0.369 e. The van der Waals surface area contributed by atoms with Crippen LogP contribution < -0.4 is 5.32 Å². The van der Waals surface area contributed by atoms with Crippen LogP contribution in [0.1, 0.15) is 33.1 Å². The van der Waals surface area contributed by atoms with Crippen molar-refractivity contribution >= 4 is 21.7 Å². The highest BCUT2D eigenvalue weighted by Crippen LogP contribution is 2.18. The zero-order valence-electron chi connectivity index (χ0n) is 9.46. The van der Waals surface area contributed by atoms with E-state index in [0.29, 0.717) is 0 Å². The van der Waals surface area contributed by atoms with E-state index in [1.807, 2.05) is 12.1 Å². The van der Waals surface area contributed by atoms with Gasteiger partial charge in [-0.25, -0.2) is 4.98 Å². The molecule has 0 unspecified atom stereocenters. The second-order valence-electron chi connectivity index (χ2n) is 4.15. The number of hydrogen-bond acceptors (Lipinski definition) is 2. The van der Waals surface area contributed by atoms with E-state index in [1.165, 1.54) is 19.3 Å². The maximum Gasteiger partial charge on any atom is 0.140 e. The van der Waals surface area contributed by atoms with E-state index in [9.17, 15) is 0 Å². The normalized spacial score (nSPS) is 10.7. The first-order chi connectivity index (χ1) is 7.20. The van der Waals surface area contributed by atoms with E-state index < -0.39 is 0 Å². The lowest BCUT2D eigenvalue weighted by Gasteiger charge is -2.07. The Morgan fingerprint density at radius 1 is 1.40 bits per heavy atom. The molecular weight excluding hydrogens is 252 g/mol. The van der Waals surface area contributed by atoms with Gasteiger partial charge in [0.15, 0.2) is 0 Å². The van der Waals surface area contributed by atoms with Gasteiger partial charge < -0.3 is 5.32 Å². The van der Waals surface area contributed by atoms with Gasteiger partial charge in [-0.3, -0.25) is 0 Å². The number of halogens is 1. The minimum absolute atomic E-state index is 0.812. The fourth-order valence-electron chi connectivity index (χ4n) is 1.40. The van der Waals surface area contributed by atoms with Gasteiger partial charge >= 0.3 is 0 Å². The van der Waals surface area contributed by atoms with Crippen molar-refractivity contribution in [2.24, 2.45) is 5.92 Å². The molecular formula is C12H19BrN2. The van der Waals surface area contributed by atoms with E-state index >= 15 is 0 Å². The van der Waals surface area contributed by atoms with E-state index in [-0.39, 0.29) is 0 Å². The van der Waals surface area contributed by atoms with Crippen LogP contribution in [0.2, 0.25) is 0 Å². The molecule has 1 aromatic rings. The lowest BCUT2D eigenvalue weighted by molar-refractivity contribution is 0.544. The smallest absolute Gasteiger partial charge is 0.140 e. The first-order valence-corrected chi connectivity index (χ1v) is 6.34. The summed E-state index contributed by atoms with van der Waals surface area (Å²) >= 11 is 3.46. The van der Waals surface area contributed by atoms with Crippen LogP contribution >= 0.6 is 15.9 Å². The van der Waals surface area contributed by atoms with Crippen LogP contribution in [0.5, 0.6) is 0 Å². The van der Waals surface area contributed by atoms with Crippen molar-refractivity contribution in [2.75, 3.05) is 11.9 Å². The highest BCUT2D eigenvalue weighted by Gasteiger charge is 1.98. The van der Waals surface area contributed by atoms with Crippen molar-refractivity contribution in [3.63, 3.8) is 0 Å². The molecule has 3 heteroatoms. The Balaban J connectivity index is 2.18. The molecule has 0 fully saturated rings. The average Bonchev–Trinajstić information content (AvgIpc) is 2.20. The van der Waals surface area contributed by atoms with E-state index in [0.717, 1.165) is 22.8 Å². The Labute approximate surface area is 101 Å². The minimum atomic E-state index is 0.812. The molecule has 2 nitrogen and oxygen atoms in total. The summed E-state index contributed by atoms with van der Waals surface area (Å²) in [7, 11) is 0. The van der Waals surface area contributed by atoms with Crippen LogP contribution in [0.15, 0.2) is 22.8 Å². The summed E-state index contributed by atoms with van der Waals surface area (Å²) in [6, 6.07) is 3.93. The van der Waals surface area contributed by atoms with Gasteiger partial charge in [-0.05, 0) is 40.4 Å². The van der Waals surface area contributed by atoms with Crippen molar-refractivity contribution in [3.8, 4) is 0 Å². The van der Waals surface area contributed by atoms with Crippen molar-refractivity contribution in [1.82, 2.24) is 4.98 Å². The van der Waals surface area contributed by atoms with Gasteiger partial charge in [0, 0.05) is 12.7 Å². The van der Waals surface area contributed by atoms with Crippen LogP contribution in [0, 0.1) is 5.92 Å². The molecule has 1 aromatic heterocycles. The number of rotatable bonds is 6. The fourth-order valence-corrected chi connectivity index (χ4v) is 1.80. The SMILES string of the molecule is CC(C)CCCCNc1ncccc1Br. The predicted octanol–water partition coefficient (Wildman–Crippen LogP) is 4.08. The summed E-state index contributed by atoms with van der Waals surface area (Å²) in [6.45, 7) is 5.54. The van der Waals surface area contributed by atoms with Gasteiger partial charge in [-0.2, -0.15) is 0 Å². The minimum Gasteiger partial charge on any atom is -0.369 e. The second-order valence-corrected chi connectivity index (χ2v) is 5.00. The first-order valence-electron chi connectivity index (χ1n) is 5.54. The molecule has 0 radical (unpaired) electrons. The molecule has 0 saturated heterocycles. The molecule has 84 valence electrons. The molecule has 0 spiro atoms. The molecule has 0 aliphatic carbocycles. The summed E-state index contributed by atoms with van der Waals surface area (Å²) < 4.78 is 1.04. The third kappa shape index (κ3) is 5.17. The zero-order valence-corrected chi connectivity index (χ0v) is 11.0. The Morgan fingerprint density at radius 3 is 2.87 bits per heavy atom. The quantitative estimate of drug-likeness (QED) is 0.788. The number of pyridine rings is 1. The molecule has 0 atom stereocenters. The standard InChI is InChI=1S/C12H19BrN2/c1-10(2)6-3-4-8-14-12-11(13)7-5-9-15-12/h5,7,9-10H,3-4,6,8H2,1-2H3,(H,14,15). The molecule has 0 saturated carbocycles. The van der Waals surface area contributed by atoms with Crippen molar-refractivity contribution in [3.05, 3.63) is 22.8 Å². The summed E-state index contributed by atoms with van der Waals surface area (Å²) in [6.07, 6.45) is 5.61. The van der Waals surface area contributed by atoms with Gasteiger partial charge in [0.05, 0.1) is 4.47 Å². The number of anilines is 1. The topological polar surface area (TPSA) is 24.9 Å². The van der Waals surface area contributed by atoms with Crippen molar-refractivity contribution in [2.45, 2.75) is 33.1 Å². The lowest BCUT2D eigenvalue weighted by atomic mass is 10.1. The maximum absolute atomic E-state index is 4.25. The Kier molecular flexibility index (Phi) is 5.69. The maximum atomic E-state index is 4.25. The summed E-state index contributed by atoms with van der Waals surface area (Å²) in [5, 5.41) is 3.33. The fraction of sp³-hybridized carbons (Fsp3) is 0.583. The summed E-state index contributed by atoms with van der Waals surface area (Å²) in [5.41, 5.74) is 0. The first kappa shape index (κ1) is 12.5. The highest BCUT2D eigenvalue weighted by molar-refractivity contribution is 9.10. The Hall–Kier alpha value is -0.570. The summed E-state index contributed by atoms with van der Waals surface area (Å²) in [5.74, 6) is 1.76. The number of unbranched alkanes of at least 4 members (excludes halogenated alkanes) is 1. The van der Waals surface area contributed by atoms with Gasteiger partial charge in [-0.1, -0.05) is 26.7 Å². The van der Waals surface area contributed by atoms with Crippen LogP contribution in [-0.2, 0) is 0 Å². The van der Waals surface area contributed by atoms with Gasteiger partial charge in [0.1, 0.15) is 5.82 Å². The van der Waals surface area contributed by atoms with Crippen molar-refractivity contribution < 1.29 is 0 Å². The van der Waals surface area contributed by atoms with Gasteiger partial charge in [-0.15, -0.1) is 0 Å². The van der Waals surface area contributed by atoms with Crippen LogP contribution in [0.3, 0.4) is 0 Å². The summed E-state index contributed by atoms with van der Waals surface area (Å²) in [4.78, 5) is 4.25. The highest BCUT2D eigenvalue weighted by atomic mass is 79.9. The molecule has 0 aliphatic heterocycles. The monoisotopic (exact) mass is 270 g/mol. The molecule has 0 aliphatic rings. The van der Waals surface area contributed by atoms with Crippen LogP contribution in [0.4, 0.5) is 5.82 Å². The van der Waals surface area contributed by atoms with Gasteiger partial charge in [0.25, 0.3) is 0 Å². The number of nitrogens with one attached hydrogen (secondary N) is 1. The van der Waals surface area contributed by atoms with E-state index in [2.05, 4.69) is 40.1 Å². The van der Waals surface area contributed by atoms with E-state index in [4.69, 9.17) is 0 Å². The number of aromatic nitrogens is 1. The van der Waals surface area contributed by atoms with Crippen LogP contribution in [0.25, 0.3) is 0 Å². The predicted molar refractivity (Wildman–Crippen MR) is 69.1 cm³/mol. The lowest BCUT2D eigenvalue weighted by Crippen LogP contribution is -2.04. The molecule has 1 rings (SSSR count). The Morgan fingerprint density at radius 2 is 2.20 bits per heavy atom.